The van der Waals surface area contributed by atoms with Crippen LogP contribution in [0.1, 0.15) is 60.6 Å². The number of carbonyl (C=O) groups excluding carboxylic acids is 9. The first kappa shape index (κ1) is 50.5. The number of hydrogen-bond acceptors (Lipinski definition) is 11. The van der Waals surface area contributed by atoms with Gasteiger partial charge in [-0.1, -0.05) is 73.1 Å². The first-order valence-corrected chi connectivity index (χ1v) is 21.4. The van der Waals surface area contributed by atoms with E-state index in [0.29, 0.717) is 97.9 Å². The van der Waals surface area contributed by atoms with Crippen molar-refractivity contribution in [3.8, 4) is 0 Å². The Labute approximate surface area is 394 Å². The average molecular weight is 970 g/mol. The Hall–Kier alpha value is -7.52. The van der Waals surface area contributed by atoms with Gasteiger partial charge in [-0.15, -0.1) is 0 Å². The highest BCUT2D eigenvalue weighted by molar-refractivity contribution is 6.35. The summed E-state index contributed by atoms with van der Waals surface area (Å²) >= 11 is 18.0. The Morgan fingerprint density at radius 3 is 1.24 bits per heavy atom. The van der Waals surface area contributed by atoms with Crippen LogP contribution in [-0.4, -0.2) is 72.1 Å². The fourth-order valence-corrected chi connectivity index (χ4v) is 8.55. The first-order chi connectivity index (χ1) is 31.9. The number of urea groups is 1. The molecule has 0 spiro atoms. The smallest absolute Gasteiger partial charge is 0.337 e. The normalized spacial score (nSPS) is 16.7. The predicted molar refractivity (Wildman–Crippen MR) is 244 cm³/mol. The number of nitrogens with one attached hydrogen (secondary N) is 3. The average Bonchev–Trinajstić information content (AvgIpc) is 4.07. The Kier molecular flexibility index (Phi) is 16.3. The number of ketones is 3. The van der Waals surface area contributed by atoms with Gasteiger partial charge in [0.15, 0.2) is 17.3 Å². The summed E-state index contributed by atoms with van der Waals surface area (Å²) in [6, 6.07) is 15.3. The topological polar surface area (TPSA) is 244 Å². The first-order valence-electron chi connectivity index (χ1n) is 20.3. The minimum absolute atomic E-state index is 0.0659. The minimum atomic E-state index is -0.523. The number of benzene rings is 3. The van der Waals surface area contributed by atoms with E-state index in [0.717, 1.165) is 27.8 Å². The fourth-order valence-electron chi connectivity index (χ4n) is 8.04. The Balaban J connectivity index is 0.000000177. The van der Waals surface area contributed by atoms with Crippen LogP contribution in [0.25, 0.3) is 29.9 Å². The maximum atomic E-state index is 12.3. The number of fused-ring (bicyclic) bond motifs is 3. The number of aromatic nitrogens is 4. The van der Waals surface area contributed by atoms with Crippen molar-refractivity contribution in [2.24, 2.45) is 0 Å². The van der Waals surface area contributed by atoms with Crippen LogP contribution < -0.4 is 38.1 Å². The van der Waals surface area contributed by atoms with E-state index in [1.54, 1.807) is 42.5 Å². The molecule has 20 heteroatoms. The number of imide groups is 1. The molecule has 0 atom stereocenters. The lowest BCUT2D eigenvalue weighted by atomic mass is 10.0. The van der Waals surface area contributed by atoms with Gasteiger partial charge in [-0.2, -0.15) is 19.2 Å². The van der Waals surface area contributed by atoms with Gasteiger partial charge < -0.3 is 9.97 Å². The summed E-state index contributed by atoms with van der Waals surface area (Å²) in [5, 5.41) is 4.46. The summed E-state index contributed by atoms with van der Waals surface area (Å²) in [5.74, 6) is -0.814. The molecule has 1 fully saturated rings. The van der Waals surface area contributed by atoms with Crippen molar-refractivity contribution in [3.05, 3.63) is 151 Å². The lowest BCUT2D eigenvalue weighted by Gasteiger charge is -2.16. The number of Topliss-reactive ketones (excluding diaryl/α,β-unsaturated/α-hetero) is 3. The number of nitrogens with zero attached hydrogens (tertiary/aromatic N) is 3. The molecule has 1 saturated heterocycles. The number of carbonyl (C=O) groups is 5. The molecule has 3 N–H and O–H groups in total. The summed E-state index contributed by atoms with van der Waals surface area (Å²) in [4.78, 5) is 125. The van der Waals surface area contributed by atoms with Crippen molar-refractivity contribution in [1.29, 1.82) is 0 Å². The summed E-state index contributed by atoms with van der Waals surface area (Å²) in [6.45, 7) is 14.6. The molecular weight excluding hydrogens is 931 g/mol. The summed E-state index contributed by atoms with van der Waals surface area (Å²) in [6.07, 6.45) is 2.03. The number of halogens is 3. The number of allylic oxidation sites excluding steroid dienone is 1. The quantitative estimate of drug-likeness (QED) is 0.174. The molecule has 9 rings (SSSR count). The lowest BCUT2D eigenvalue weighted by molar-refractivity contribution is -0.193. The maximum Gasteiger partial charge on any atom is 0.373 e. The van der Waals surface area contributed by atoms with E-state index in [1.807, 2.05) is 32.9 Å². The van der Waals surface area contributed by atoms with Gasteiger partial charge >= 0.3 is 18.3 Å². The number of imidazole rings is 2. The number of hydrogen-bond donors (Lipinski definition) is 3. The van der Waals surface area contributed by atoms with E-state index >= 15 is 0 Å². The van der Waals surface area contributed by atoms with Gasteiger partial charge in [0.1, 0.15) is 27.4 Å². The molecule has 5 aromatic rings. The van der Waals surface area contributed by atoms with E-state index in [1.165, 1.54) is 14.0 Å². The summed E-state index contributed by atoms with van der Waals surface area (Å²) in [7, 11) is 0. The number of H-pyrrole nitrogens is 2. The van der Waals surface area contributed by atoms with Crippen LogP contribution in [0.5, 0.6) is 0 Å². The molecule has 67 heavy (non-hydrogen) atoms. The molecule has 344 valence electrons. The summed E-state index contributed by atoms with van der Waals surface area (Å²) < 4.78 is 3.02. The van der Waals surface area contributed by atoms with Gasteiger partial charge in [-0.05, 0) is 90.0 Å². The standard InChI is InChI=1S/C15H13ClN2O3.2C15H13ClN2O2.2CO2/c1-2-5-18-13(14(20)17-15(18)21)12-10-7-9(16)4-3-8(10)6-11(12)19;2*1-3-18-8(2)17-14(15(18)20)13-11-7-10(16)5-4-9(11)6-12(13)19;2*2-1-3/h3-4,7H,2,5-6H2,1H3,(H,17,20,21);2*4-5,7,17H,2-3,6H2,1H3;;/b13-12-;2*14-13-;;. The monoisotopic (exact) mass is 968 g/mol. The molecule has 0 bridgehead atoms. The molecule has 0 unspecified atom stereocenters. The van der Waals surface area contributed by atoms with E-state index < -0.39 is 11.9 Å². The van der Waals surface area contributed by atoms with Gasteiger partial charge in [0.05, 0.1) is 16.7 Å². The summed E-state index contributed by atoms with van der Waals surface area (Å²) in [5.41, 5.74) is 6.62. The van der Waals surface area contributed by atoms with Crippen molar-refractivity contribution < 1.29 is 43.2 Å². The molecule has 0 radical (unpaired) electrons. The molecule has 1 aliphatic heterocycles. The molecule has 3 heterocycles. The third-order valence-corrected chi connectivity index (χ3v) is 11.5. The van der Waals surface area contributed by atoms with Crippen LogP contribution in [0.4, 0.5) is 4.79 Å². The van der Waals surface area contributed by atoms with Crippen molar-refractivity contribution in [3.63, 3.8) is 0 Å². The highest BCUT2D eigenvalue weighted by atomic mass is 35.5. The molecule has 2 aromatic heterocycles. The molecule has 3 aromatic carbocycles. The molecule has 3 amide bonds. The maximum absolute atomic E-state index is 12.3. The zero-order valence-electron chi connectivity index (χ0n) is 36.0. The van der Waals surface area contributed by atoms with Crippen LogP contribution in [0.2, 0.25) is 15.1 Å². The Morgan fingerprint density at radius 2 is 0.910 bits per heavy atom. The van der Waals surface area contributed by atoms with Gasteiger partial charge in [0.25, 0.3) is 17.0 Å². The third kappa shape index (κ3) is 10.3. The second kappa shape index (κ2) is 21.6. The molecule has 17 nitrogen and oxygen atoms in total. The number of aromatic amines is 2. The Bertz CT molecular complexity index is 3200. The van der Waals surface area contributed by atoms with Gasteiger partial charge in [0, 0.05) is 54.0 Å². The zero-order chi connectivity index (χ0) is 49.4. The predicted octanol–water partition coefficient (Wildman–Crippen LogP) is 2.14. The second-order valence-electron chi connectivity index (χ2n) is 14.7. The van der Waals surface area contributed by atoms with E-state index in [4.69, 9.17) is 54.0 Å². The third-order valence-electron chi connectivity index (χ3n) is 10.8. The van der Waals surface area contributed by atoms with Crippen molar-refractivity contribution in [2.45, 2.75) is 59.5 Å². The molecule has 0 saturated carbocycles. The number of rotatable bonds is 4. The van der Waals surface area contributed by atoms with Gasteiger partial charge in [0.2, 0.25) is 0 Å². The minimum Gasteiger partial charge on any atom is -0.337 e. The second-order valence-corrected chi connectivity index (χ2v) is 16.1. The number of amides is 3. The van der Waals surface area contributed by atoms with E-state index in [9.17, 15) is 33.6 Å². The molecule has 3 aliphatic carbocycles. The van der Waals surface area contributed by atoms with Crippen molar-refractivity contribution >= 4 is 106 Å². The highest BCUT2D eigenvalue weighted by Crippen LogP contribution is 2.36. The lowest BCUT2D eigenvalue weighted by Crippen LogP contribution is -2.33. The van der Waals surface area contributed by atoms with E-state index in [-0.39, 0.29) is 52.9 Å². The van der Waals surface area contributed by atoms with Crippen LogP contribution >= 0.6 is 34.8 Å². The molecular formula is C47H39Cl3N6O11. The van der Waals surface area contributed by atoms with Crippen LogP contribution in [0.3, 0.4) is 0 Å². The van der Waals surface area contributed by atoms with E-state index in [2.05, 4.69) is 28.4 Å². The zero-order valence-corrected chi connectivity index (χ0v) is 38.3. The largest absolute Gasteiger partial charge is 0.373 e. The highest BCUT2D eigenvalue weighted by Gasteiger charge is 2.40. The van der Waals surface area contributed by atoms with Crippen molar-refractivity contribution in [2.75, 3.05) is 6.54 Å². The van der Waals surface area contributed by atoms with Crippen LogP contribution in [0, 0.1) is 0 Å². The van der Waals surface area contributed by atoms with Gasteiger partial charge in [-0.3, -0.25) is 48.1 Å². The van der Waals surface area contributed by atoms with Crippen LogP contribution in [-0.2, 0) is 70.7 Å². The SMILES string of the molecule is C=c1[nH]/c(=C2\C(=O)Cc3ccc(Cl)cc32)c(=O)n1CC.C=c1[nH]/c(=C2\C(=O)Cc3ccc(Cl)cc32)c(=O)n1CC.CCCN1C(=O)NC(=O)/C1=C1/C(=O)Cc2ccc(Cl)cc21.O=C=O.O=C=O. The Morgan fingerprint density at radius 1 is 0.567 bits per heavy atom. The van der Waals surface area contributed by atoms with Gasteiger partial charge in [-0.25, -0.2) is 4.79 Å². The fraction of sp³-hybridized carbons (Fsp3) is 0.213. The van der Waals surface area contributed by atoms with Crippen molar-refractivity contribution in [1.82, 2.24) is 29.3 Å². The molecule has 4 aliphatic rings. The van der Waals surface area contributed by atoms with Crippen LogP contribution in [0.15, 0.2) is 69.9 Å².